The summed E-state index contributed by atoms with van der Waals surface area (Å²) in [5, 5.41) is 3.26. The van der Waals surface area contributed by atoms with Crippen LogP contribution in [0, 0.1) is 5.92 Å². The SMILES string of the molecule is CC(C)/C=C1/NC(=O)[C@H](CCC(N)=O)n2c1nc1ccccc1c2=O. The predicted octanol–water partition coefficient (Wildman–Crippen LogP) is 1.33. The Bertz CT molecular complexity index is 943. The maximum absolute atomic E-state index is 13.0. The summed E-state index contributed by atoms with van der Waals surface area (Å²) in [7, 11) is 0. The zero-order valence-electron chi connectivity index (χ0n) is 14.2. The standard InChI is InChI=1S/C18H20N4O3/c1-10(2)9-13-16-20-12-6-4-3-5-11(12)18(25)22(16)14(17(24)21-13)7-8-15(19)23/h3-6,9-10,14H,7-8H2,1-2H3,(H2,19,23)(H,21,24)/b13-9+/t14-/m0/s1. The van der Waals surface area contributed by atoms with E-state index in [0.29, 0.717) is 22.4 Å². The molecule has 0 bridgehead atoms. The Balaban J connectivity index is 2.26. The first kappa shape index (κ1) is 16.9. The molecule has 0 unspecified atom stereocenters. The summed E-state index contributed by atoms with van der Waals surface area (Å²) in [6.07, 6.45) is 2.03. The van der Waals surface area contributed by atoms with Crippen molar-refractivity contribution in [2.24, 2.45) is 11.7 Å². The van der Waals surface area contributed by atoms with E-state index in [0.717, 1.165) is 0 Å². The van der Waals surface area contributed by atoms with E-state index in [4.69, 9.17) is 5.73 Å². The van der Waals surface area contributed by atoms with Gasteiger partial charge in [0.15, 0.2) is 5.82 Å². The van der Waals surface area contributed by atoms with E-state index in [1.807, 2.05) is 26.0 Å². The molecule has 25 heavy (non-hydrogen) atoms. The summed E-state index contributed by atoms with van der Waals surface area (Å²) in [6.45, 7) is 3.95. The number of hydrogen-bond acceptors (Lipinski definition) is 4. The molecule has 2 heterocycles. The lowest BCUT2D eigenvalue weighted by Crippen LogP contribution is -2.44. The highest BCUT2D eigenvalue weighted by molar-refractivity contribution is 5.93. The molecule has 1 aliphatic rings. The highest BCUT2D eigenvalue weighted by atomic mass is 16.2. The number of carbonyl (C=O) groups excluding carboxylic acids is 2. The van der Waals surface area contributed by atoms with Gasteiger partial charge in [-0.3, -0.25) is 19.0 Å². The van der Waals surface area contributed by atoms with E-state index in [9.17, 15) is 14.4 Å². The van der Waals surface area contributed by atoms with Crippen LogP contribution in [0.3, 0.4) is 0 Å². The molecule has 1 aromatic heterocycles. The van der Waals surface area contributed by atoms with E-state index in [1.54, 1.807) is 18.2 Å². The summed E-state index contributed by atoms with van der Waals surface area (Å²) < 4.78 is 1.39. The number of para-hydroxylation sites is 1. The van der Waals surface area contributed by atoms with Crippen molar-refractivity contribution < 1.29 is 9.59 Å². The van der Waals surface area contributed by atoms with E-state index < -0.39 is 11.9 Å². The highest BCUT2D eigenvalue weighted by Gasteiger charge is 2.32. The number of allylic oxidation sites excluding steroid dienone is 1. The number of aromatic nitrogens is 2. The van der Waals surface area contributed by atoms with Gasteiger partial charge in [0, 0.05) is 6.42 Å². The lowest BCUT2D eigenvalue weighted by atomic mass is 10.0. The lowest BCUT2D eigenvalue weighted by Gasteiger charge is -2.29. The maximum atomic E-state index is 13.0. The molecule has 1 atom stereocenters. The van der Waals surface area contributed by atoms with Crippen molar-refractivity contribution in [3.63, 3.8) is 0 Å². The van der Waals surface area contributed by atoms with Gasteiger partial charge in [-0.25, -0.2) is 4.98 Å². The third-order valence-corrected chi connectivity index (χ3v) is 4.09. The fraction of sp³-hybridized carbons (Fsp3) is 0.333. The third kappa shape index (κ3) is 3.17. The van der Waals surface area contributed by atoms with Gasteiger partial charge in [-0.15, -0.1) is 0 Å². The molecule has 130 valence electrons. The Morgan fingerprint density at radius 3 is 2.76 bits per heavy atom. The second kappa shape index (κ2) is 6.51. The quantitative estimate of drug-likeness (QED) is 0.875. The van der Waals surface area contributed by atoms with Crippen LogP contribution >= 0.6 is 0 Å². The van der Waals surface area contributed by atoms with Crippen molar-refractivity contribution in [1.82, 2.24) is 14.9 Å². The molecule has 3 N–H and O–H groups in total. The smallest absolute Gasteiger partial charge is 0.262 e. The Labute approximate surface area is 144 Å². The van der Waals surface area contributed by atoms with Crippen molar-refractivity contribution in [3.05, 3.63) is 46.5 Å². The first-order chi connectivity index (χ1) is 11.9. The largest absolute Gasteiger partial charge is 0.370 e. The molecule has 1 aromatic carbocycles. The molecule has 0 saturated carbocycles. The summed E-state index contributed by atoms with van der Waals surface area (Å²) in [5.74, 6) is -0.278. The summed E-state index contributed by atoms with van der Waals surface area (Å²) in [5.41, 5.74) is 6.00. The van der Waals surface area contributed by atoms with Crippen LogP contribution in [0.4, 0.5) is 0 Å². The Hall–Kier alpha value is -2.96. The van der Waals surface area contributed by atoms with Gasteiger partial charge in [0.25, 0.3) is 5.56 Å². The summed E-state index contributed by atoms with van der Waals surface area (Å²) in [4.78, 5) is 41.3. The summed E-state index contributed by atoms with van der Waals surface area (Å²) >= 11 is 0. The fourth-order valence-corrected chi connectivity index (χ4v) is 3.00. The van der Waals surface area contributed by atoms with Gasteiger partial charge >= 0.3 is 0 Å². The number of fused-ring (bicyclic) bond motifs is 2. The number of carbonyl (C=O) groups is 2. The normalized spacial score (nSPS) is 18.4. The molecule has 0 radical (unpaired) electrons. The molecule has 0 spiro atoms. The van der Waals surface area contributed by atoms with Gasteiger partial charge in [-0.1, -0.05) is 32.1 Å². The van der Waals surface area contributed by atoms with Gasteiger partial charge in [0.05, 0.1) is 16.6 Å². The van der Waals surface area contributed by atoms with E-state index >= 15 is 0 Å². The van der Waals surface area contributed by atoms with Crippen molar-refractivity contribution >= 4 is 28.4 Å². The van der Waals surface area contributed by atoms with Gasteiger partial charge in [-0.2, -0.15) is 0 Å². The molecule has 7 heteroatoms. The van der Waals surface area contributed by atoms with E-state index in [2.05, 4.69) is 10.3 Å². The molecule has 7 nitrogen and oxygen atoms in total. The zero-order chi connectivity index (χ0) is 18.1. The molecular formula is C18H20N4O3. The van der Waals surface area contributed by atoms with Crippen molar-refractivity contribution in [2.75, 3.05) is 0 Å². The van der Waals surface area contributed by atoms with Crippen LogP contribution in [0.25, 0.3) is 16.6 Å². The molecule has 0 aliphatic carbocycles. The number of rotatable bonds is 4. The molecule has 1 aliphatic heterocycles. The van der Waals surface area contributed by atoms with Crippen LogP contribution in [-0.2, 0) is 9.59 Å². The molecule has 2 aromatic rings. The van der Waals surface area contributed by atoms with Crippen LogP contribution in [0.5, 0.6) is 0 Å². The molecule has 3 rings (SSSR count). The Morgan fingerprint density at radius 2 is 2.08 bits per heavy atom. The second-order valence-corrected chi connectivity index (χ2v) is 6.46. The van der Waals surface area contributed by atoms with Gasteiger partial charge in [-0.05, 0) is 24.5 Å². The van der Waals surface area contributed by atoms with Crippen LogP contribution in [0.15, 0.2) is 35.1 Å². The zero-order valence-corrected chi connectivity index (χ0v) is 14.2. The Morgan fingerprint density at radius 1 is 1.36 bits per heavy atom. The molecule has 0 saturated heterocycles. The summed E-state index contributed by atoms with van der Waals surface area (Å²) in [6, 6.07) is 6.20. The van der Waals surface area contributed by atoms with Gasteiger partial charge in [0.1, 0.15) is 6.04 Å². The first-order valence-electron chi connectivity index (χ1n) is 8.21. The Kier molecular flexibility index (Phi) is 4.39. The molecular weight excluding hydrogens is 320 g/mol. The minimum atomic E-state index is -0.809. The average Bonchev–Trinajstić information content (AvgIpc) is 2.54. The number of nitrogens with two attached hydrogens (primary N) is 1. The van der Waals surface area contributed by atoms with E-state index in [-0.39, 0.29) is 30.2 Å². The lowest BCUT2D eigenvalue weighted by molar-refractivity contribution is -0.124. The highest BCUT2D eigenvalue weighted by Crippen LogP contribution is 2.26. The number of hydrogen-bond donors (Lipinski definition) is 2. The van der Waals surface area contributed by atoms with Crippen molar-refractivity contribution in [1.29, 1.82) is 0 Å². The van der Waals surface area contributed by atoms with E-state index in [1.165, 1.54) is 4.57 Å². The van der Waals surface area contributed by atoms with Crippen LogP contribution in [0.2, 0.25) is 0 Å². The monoisotopic (exact) mass is 340 g/mol. The number of primary amides is 1. The maximum Gasteiger partial charge on any atom is 0.262 e. The second-order valence-electron chi connectivity index (χ2n) is 6.46. The topological polar surface area (TPSA) is 107 Å². The molecule has 2 amide bonds. The number of benzene rings is 1. The number of amides is 2. The average molecular weight is 340 g/mol. The fourth-order valence-electron chi connectivity index (χ4n) is 3.00. The van der Waals surface area contributed by atoms with Crippen LogP contribution < -0.4 is 16.6 Å². The van der Waals surface area contributed by atoms with Gasteiger partial charge < -0.3 is 11.1 Å². The van der Waals surface area contributed by atoms with Crippen molar-refractivity contribution in [3.8, 4) is 0 Å². The first-order valence-corrected chi connectivity index (χ1v) is 8.21. The van der Waals surface area contributed by atoms with Crippen LogP contribution in [0.1, 0.15) is 38.6 Å². The minimum Gasteiger partial charge on any atom is -0.370 e. The number of nitrogens with zero attached hydrogens (tertiary/aromatic N) is 2. The van der Waals surface area contributed by atoms with Crippen LogP contribution in [-0.4, -0.2) is 21.4 Å². The predicted molar refractivity (Wildman–Crippen MR) is 94.4 cm³/mol. The third-order valence-electron chi connectivity index (χ3n) is 4.09. The molecule has 0 fully saturated rings. The number of nitrogens with one attached hydrogen (secondary N) is 1. The van der Waals surface area contributed by atoms with Gasteiger partial charge in [0.2, 0.25) is 11.8 Å². The van der Waals surface area contributed by atoms with Crippen molar-refractivity contribution in [2.45, 2.75) is 32.7 Å². The minimum absolute atomic E-state index is 0.0139.